The van der Waals surface area contributed by atoms with Crippen molar-refractivity contribution < 1.29 is 9.53 Å². The maximum absolute atomic E-state index is 11.6. The molecule has 0 radical (unpaired) electrons. The lowest BCUT2D eigenvalue weighted by molar-refractivity contribution is 0.0601. The van der Waals surface area contributed by atoms with Gasteiger partial charge in [0.15, 0.2) is 0 Å². The van der Waals surface area contributed by atoms with Crippen molar-refractivity contribution in [3.8, 4) is 10.6 Å². The van der Waals surface area contributed by atoms with E-state index in [9.17, 15) is 4.79 Å². The third-order valence-corrected chi connectivity index (χ3v) is 5.74. The van der Waals surface area contributed by atoms with Gasteiger partial charge in [-0.15, -0.1) is 11.3 Å². The zero-order valence-corrected chi connectivity index (χ0v) is 16.5. The average molecular weight is 392 g/mol. The minimum Gasteiger partial charge on any atom is -0.465 e. The summed E-state index contributed by atoms with van der Waals surface area (Å²) in [6, 6.07) is 13.9. The number of esters is 1. The molecule has 0 aliphatic heterocycles. The molecule has 0 amide bonds. The third kappa shape index (κ3) is 3.53. The molecule has 4 rings (SSSR count). The molecule has 0 spiro atoms. The minimum absolute atomic E-state index is 0.168. The Labute approximate surface area is 166 Å². The Balaban J connectivity index is 1.67. The first-order valence-electron chi connectivity index (χ1n) is 9.13. The van der Waals surface area contributed by atoms with Gasteiger partial charge in [-0.1, -0.05) is 31.5 Å². The zero-order valence-electron chi connectivity index (χ0n) is 15.7. The van der Waals surface area contributed by atoms with Crippen molar-refractivity contribution in [2.24, 2.45) is 0 Å². The molecule has 0 bridgehead atoms. The van der Waals surface area contributed by atoms with Gasteiger partial charge in [0.05, 0.1) is 28.9 Å². The summed E-state index contributed by atoms with van der Waals surface area (Å²) in [5, 5.41) is 5.26. The van der Waals surface area contributed by atoms with Gasteiger partial charge in [-0.3, -0.25) is 0 Å². The molecule has 0 aliphatic rings. The lowest BCUT2D eigenvalue weighted by atomic mass is 10.0. The fraction of sp³-hybridized carbons (Fsp3) is 0.238. The van der Waals surface area contributed by atoms with Crippen LogP contribution in [0.25, 0.3) is 20.8 Å². The topological polar surface area (TPSA) is 69.9 Å². The van der Waals surface area contributed by atoms with Crippen LogP contribution in [0.1, 0.15) is 41.7 Å². The van der Waals surface area contributed by atoms with Crippen LogP contribution in [0, 0.1) is 0 Å². The standard InChI is InChI=1S/C21H20N4O2S/c1-3-4-18(25-13-22-12-23-25)16-9-10-17-19(11-16)28-20(24-17)14-5-7-15(8-6-14)21(26)27-2/h5-13,18H,3-4H2,1-2H3. The van der Waals surface area contributed by atoms with Crippen LogP contribution in [0.15, 0.2) is 55.1 Å². The lowest BCUT2D eigenvalue weighted by Gasteiger charge is -2.16. The first-order valence-corrected chi connectivity index (χ1v) is 9.94. The minimum atomic E-state index is -0.337. The van der Waals surface area contributed by atoms with E-state index >= 15 is 0 Å². The van der Waals surface area contributed by atoms with Gasteiger partial charge >= 0.3 is 5.97 Å². The van der Waals surface area contributed by atoms with Crippen LogP contribution in [-0.4, -0.2) is 32.8 Å². The van der Waals surface area contributed by atoms with E-state index in [0.717, 1.165) is 33.6 Å². The number of benzene rings is 2. The number of methoxy groups -OCH3 is 1. The predicted molar refractivity (Wildman–Crippen MR) is 109 cm³/mol. The van der Waals surface area contributed by atoms with Gasteiger partial charge in [-0.25, -0.2) is 19.4 Å². The van der Waals surface area contributed by atoms with E-state index in [1.165, 1.54) is 12.7 Å². The fourth-order valence-corrected chi connectivity index (χ4v) is 4.26. The number of thiazole rings is 1. The maximum Gasteiger partial charge on any atom is 0.337 e. The molecule has 2 heterocycles. The second-order valence-electron chi connectivity index (χ2n) is 6.50. The first kappa shape index (κ1) is 18.3. The van der Waals surface area contributed by atoms with Crippen molar-refractivity contribution in [1.82, 2.24) is 19.7 Å². The van der Waals surface area contributed by atoms with Crippen molar-refractivity contribution in [3.63, 3.8) is 0 Å². The fourth-order valence-electron chi connectivity index (χ4n) is 3.24. The van der Waals surface area contributed by atoms with Crippen molar-refractivity contribution in [2.75, 3.05) is 7.11 Å². The molecule has 7 heteroatoms. The molecule has 0 aliphatic carbocycles. The molecule has 142 valence electrons. The number of fused-ring (bicyclic) bond motifs is 1. The Hall–Kier alpha value is -3.06. The normalized spacial score (nSPS) is 12.2. The Morgan fingerprint density at radius 2 is 2.04 bits per heavy atom. The van der Waals surface area contributed by atoms with Gasteiger partial charge < -0.3 is 4.74 Å². The number of rotatable bonds is 6. The van der Waals surface area contributed by atoms with Gasteiger partial charge in [-0.2, -0.15) is 5.10 Å². The van der Waals surface area contributed by atoms with Crippen LogP contribution in [0.3, 0.4) is 0 Å². The lowest BCUT2D eigenvalue weighted by Crippen LogP contribution is -2.11. The van der Waals surface area contributed by atoms with E-state index in [0.29, 0.717) is 5.56 Å². The molecule has 1 atom stereocenters. The first-order chi connectivity index (χ1) is 13.7. The molecule has 6 nitrogen and oxygen atoms in total. The zero-order chi connectivity index (χ0) is 19.5. The Kier molecular flexibility index (Phi) is 5.16. The smallest absolute Gasteiger partial charge is 0.337 e. The molecule has 0 fully saturated rings. The van der Waals surface area contributed by atoms with Gasteiger partial charge in [0.2, 0.25) is 0 Å². The summed E-state index contributed by atoms with van der Waals surface area (Å²) in [4.78, 5) is 20.5. The largest absolute Gasteiger partial charge is 0.465 e. The highest BCUT2D eigenvalue weighted by Crippen LogP contribution is 2.33. The summed E-state index contributed by atoms with van der Waals surface area (Å²) in [7, 11) is 1.38. The molecule has 1 unspecified atom stereocenters. The summed E-state index contributed by atoms with van der Waals surface area (Å²) in [5.74, 6) is -0.337. The molecule has 4 aromatic rings. The Morgan fingerprint density at radius 3 is 2.71 bits per heavy atom. The summed E-state index contributed by atoms with van der Waals surface area (Å²) >= 11 is 1.64. The van der Waals surface area contributed by atoms with E-state index in [-0.39, 0.29) is 12.0 Å². The maximum atomic E-state index is 11.6. The van der Waals surface area contributed by atoms with Crippen LogP contribution >= 0.6 is 11.3 Å². The number of nitrogens with zero attached hydrogens (tertiary/aromatic N) is 4. The molecule has 0 saturated heterocycles. The predicted octanol–water partition coefficient (Wildman–Crippen LogP) is 4.73. The summed E-state index contributed by atoms with van der Waals surface area (Å²) in [6.07, 6.45) is 5.40. The number of hydrogen-bond acceptors (Lipinski definition) is 6. The van der Waals surface area contributed by atoms with Gasteiger partial charge in [0.25, 0.3) is 0 Å². The van der Waals surface area contributed by atoms with Crippen LogP contribution < -0.4 is 0 Å². The van der Waals surface area contributed by atoms with E-state index in [1.54, 1.807) is 36.1 Å². The van der Waals surface area contributed by atoms with Gasteiger partial charge in [-0.05, 0) is 36.2 Å². The number of aromatic nitrogens is 4. The van der Waals surface area contributed by atoms with Crippen LogP contribution in [0.2, 0.25) is 0 Å². The van der Waals surface area contributed by atoms with Crippen LogP contribution in [-0.2, 0) is 4.74 Å². The highest BCUT2D eigenvalue weighted by molar-refractivity contribution is 7.21. The van der Waals surface area contributed by atoms with Crippen molar-refractivity contribution in [1.29, 1.82) is 0 Å². The van der Waals surface area contributed by atoms with Crippen molar-refractivity contribution in [3.05, 3.63) is 66.2 Å². The Morgan fingerprint density at radius 1 is 1.21 bits per heavy atom. The van der Waals surface area contributed by atoms with E-state index in [1.807, 2.05) is 16.8 Å². The summed E-state index contributed by atoms with van der Waals surface area (Å²) in [6.45, 7) is 2.17. The number of carbonyl (C=O) groups excluding carboxylic acids is 1. The molecule has 0 N–H and O–H groups in total. The van der Waals surface area contributed by atoms with Crippen molar-refractivity contribution >= 4 is 27.5 Å². The second kappa shape index (κ2) is 7.90. The van der Waals surface area contributed by atoms with E-state index in [4.69, 9.17) is 9.72 Å². The van der Waals surface area contributed by atoms with Crippen LogP contribution in [0.5, 0.6) is 0 Å². The van der Waals surface area contributed by atoms with Crippen molar-refractivity contribution in [2.45, 2.75) is 25.8 Å². The highest BCUT2D eigenvalue weighted by Gasteiger charge is 2.16. The number of hydrogen-bond donors (Lipinski definition) is 0. The molecular formula is C21H20N4O2S. The molecule has 28 heavy (non-hydrogen) atoms. The summed E-state index contributed by atoms with van der Waals surface area (Å²) in [5.41, 5.74) is 3.69. The SMILES string of the molecule is CCCC(c1ccc2nc(-c3ccc(C(=O)OC)cc3)sc2c1)n1cncn1. The number of carbonyl (C=O) groups is 1. The van der Waals surface area contributed by atoms with Gasteiger partial charge in [0, 0.05) is 5.56 Å². The van der Waals surface area contributed by atoms with E-state index in [2.05, 4.69) is 35.2 Å². The number of ether oxygens (including phenoxy) is 1. The third-order valence-electron chi connectivity index (χ3n) is 4.67. The second-order valence-corrected chi connectivity index (χ2v) is 7.53. The van der Waals surface area contributed by atoms with E-state index < -0.39 is 0 Å². The highest BCUT2D eigenvalue weighted by atomic mass is 32.1. The van der Waals surface area contributed by atoms with Gasteiger partial charge in [0.1, 0.15) is 17.7 Å². The monoisotopic (exact) mass is 392 g/mol. The quantitative estimate of drug-likeness (QED) is 0.444. The molecule has 0 saturated carbocycles. The van der Waals surface area contributed by atoms with Crippen LogP contribution in [0.4, 0.5) is 0 Å². The molecule has 2 aromatic carbocycles. The summed E-state index contributed by atoms with van der Waals surface area (Å²) < 4.78 is 7.80. The molecular weight excluding hydrogens is 372 g/mol. The average Bonchev–Trinajstić information content (AvgIpc) is 3.41. The molecule has 2 aromatic heterocycles. The Bertz CT molecular complexity index is 1090.